The molecule has 0 unspecified atom stereocenters. The number of rotatable bonds is 6. The number of nitrogens with one attached hydrogen (secondary N) is 2. The summed E-state index contributed by atoms with van der Waals surface area (Å²) >= 11 is 1.47. The predicted octanol–water partition coefficient (Wildman–Crippen LogP) is 0.629. The van der Waals surface area contributed by atoms with Crippen LogP contribution in [0.1, 0.15) is 5.69 Å². The van der Waals surface area contributed by atoms with Gasteiger partial charge in [-0.3, -0.25) is 4.79 Å². The van der Waals surface area contributed by atoms with Crippen LogP contribution in [0.2, 0.25) is 0 Å². The van der Waals surface area contributed by atoms with E-state index in [-0.39, 0.29) is 5.56 Å². The molecule has 0 aromatic carbocycles. The molecule has 0 spiro atoms. The van der Waals surface area contributed by atoms with Crippen molar-refractivity contribution in [3.63, 3.8) is 0 Å². The third-order valence-electron chi connectivity index (χ3n) is 2.26. The van der Waals surface area contributed by atoms with Crippen molar-refractivity contribution in [2.75, 3.05) is 20.3 Å². The Morgan fingerprint density at radius 2 is 2.44 bits per heavy atom. The van der Waals surface area contributed by atoms with Crippen molar-refractivity contribution < 1.29 is 4.74 Å². The molecule has 0 radical (unpaired) electrons. The molecule has 7 heteroatoms. The molecule has 0 amide bonds. The lowest BCUT2D eigenvalue weighted by Gasteiger charge is -2.04. The molecule has 2 rings (SSSR count). The second-order valence-corrected chi connectivity index (χ2v) is 4.35. The molecule has 2 N–H and O–H groups in total. The first-order valence-corrected chi connectivity index (χ1v) is 6.42. The van der Waals surface area contributed by atoms with Gasteiger partial charge in [-0.25, -0.2) is 9.97 Å². The fourth-order valence-corrected chi connectivity index (χ4v) is 1.98. The van der Waals surface area contributed by atoms with Crippen LogP contribution in [0.5, 0.6) is 0 Å². The summed E-state index contributed by atoms with van der Waals surface area (Å²) in [5, 5.41) is 4.99. The van der Waals surface area contributed by atoms with E-state index >= 15 is 0 Å². The molecule has 2 aromatic heterocycles. The normalized spacial score (nSPS) is 10.7. The van der Waals surface area contributed by atoms with Crippen LogP contribution in [-0.4, -0.2) is 35.2 Å². The Kier molecular flexibility index (Phi) is 4.57. The fourth-order valence-electron chi connectivity index (χ4n) is 1.44. The highest BCUT2D eigenvalue weighted by molar-refractivity contribution is 7.07. The molecule has 0 fully saturated rings. The van der Waals surface area contributed by atoms with Gasteiger partial charge in [-0.05, 0) is 0 Å². The first-order valence-electron chi connectivity index (χ1n) is 5.48. The highest BCUT2D eigenvalue weighted by Crippen LogP contribution is 2.12. The third kappa shape index (κ3) is 3.46. The molecule has 2 aromatic rings. The minimum atomic E-state index is -0.170. The van der Waals surface area contributed by atoms with E-state index in [0.29, 0.717) is 30.4 Å². The van der Waals surface area contributed by atoms with E-state index in [9.17, 15) is 4.79 Å². The van der Waals surface area contributed by atoms with Gasteiger partial charge in [0.2, 0.25) is 0 Å². The van der Waals surface area contributed by atoms with Crippen molar-refractivity contribution in [1.29, 1.82) is 0 Å². The second-order valence-electron chi connectivity index (χ2n) is 3.63. The molecule has 6 nitrogen and oxygen atoms in total. The number of H-pyrrole nitrogens is 1. The van der Waals surface area contributed by atoms with Gasteiger partial charge in [0.15, 0.2) is 5.82 Å². The maximum atomic E-state index is 11.5. The molecular formula is C11H14N4O2S. The number of hydrogen-bond acceptors (Lipinski definition) is 6. The Bertz CT molecular complexity index is 538. The molecule has 96 valence electrons. The van der Waals surface area contributed by atoms with Crippen molar-refractivity contribution in [1.82, 2.24) is 20.3 Å². The molecule has 0 saturated heterocycles. The first kappa shape index (κ1) is 12.9. The van der Waals surface area contributed by atoms with Crippen molar-refractivity contribution in [2.24, 2.45) is 0 Å². The summed E-state index contributed by atoms with van der Waals surface area (Å²) in [6.45, 7) is 1.88. The van der Waals surface area contributed by atoms with Crippen LogP contribution in [0.4, 0.5) is 0 Å². The van der Waals surface area contributed by atoms with Gasteiger partial charge in [0.1, 0.15) is 5.69 Å². The molecule has 0 aliphatic rings. The van der Waals surface area contributed by atoms with Crippen molar-refractivity contribution >= 4 is 11.3 Å². The largest absolute Gasteiger partial charge is 0.383 e. The van der Waals surface area contributed by atoms with Crippen molar-refractivity contribution in [3.05, 3.63) is 33.0 Å². The van der Waals surface area contributed by atoms with Gasteiger partial charge < -0.3 is 15.0 Å². The number of aromatic amines is 1. The molecule has 0 aliphatic heterocycles. The van der Waals surface area contributed by atoms with Crippen LogP contribution in [0.3, 0.4) is 0 Å². The van der Waals surface area contributed by atoms with E-state index in [0.717, 1.165) is 6.54 Å². The van der Waals surface area contributed by atoms with E-state index in [1.165, 1.54) is 17.4 Å². The standard InChI is InChI=1S/C11H14N4O2S/c1-17-3-2-12-5-8-4-10(16)15-11(14-8)9-6-18-7-13-9/h4,6-7,12H,2-3,5H2,1H3,(H,14,15,16). The highest BCUT2D eigenvalue weighted by Gasteiger charge is 2.05. The van der Waals surface area contributed by atoms with Crippen LogP contribution >= 0.6 is 11.3 Å². The average molecular weight is 266 g/mol. The molecule has 0 bridgehead atoms. The van der Waals surface area contributed by atoms with E-state index < -0.39 is 0 Å². The van der Waals surface area contributed by atoms with Gasteiger partial charge in [-0.2, -0.15) is 0 Å². The smallest absolute Gasteiger partial charge is 0.251 e. The van der Waals surface area contributed by atoms with Gasteiger partial charge in [0, 0.05) is 31.6 Å². The molecule has 0 saturated carbocycles. The molecule has 0 aliphatic carbocycles. The molecule has 0 atom stereocenters. The lowest BCUT2D eigenvalue weighted by molar-refractivity contribution is 0.199. The Labute approximate surface area is 108 Å². The third-order valence-corrected chi connectivity index (χ3v) is 2.85. The Morgan fingerprint density at radius 3 is 3.17 bits per heavy atom. The topological polar surface area (TPSA) is 79.9 Å². The zero-order chi connectivity index (χ0) is 12.8. The van der Waals surface area contributed by atoms with Gasteiger partial charge in [-0.1, -0.05) is 0 Å². The van der Waals surface area contributed by atoms with Gasteiger partial charge in [0.05, 0.1) is 17.8 Å². The summed E-state index contributed by atoms with van der Waals surface area (Å²) < 4.78 is 4.93. The monoisotopic (exact) mass is 266 g/mol. The maximum Gasteiger partial charge on any atom is 0.251 e. The zero-order valence-corrected chi connectivity index (χ0v) is 10.8. The highest BCUT2D eigenvalue weighted by atomic mass is 32.1. The number of methoxy groups -OCH3 is 1. The summed E-state index contributed by atoms with van der Waals surface area (Å²) in [5.41, 5.74) is 2.92. The molecule has 2 heterocycles. The predicted molar refractivity (Wildman–Crippen MR) is 69.5 cm³/mol. The molecule has 18 heavy (non-hydrogen) atoms. The van der Waals surface area contributed by atoms with Gasteiger partial charge in [-0.15, -0.1) is 11.3 Å². The minimum absolute atomic E-state index is 0.170. The summed E-state index contributed by atoms with van der Waals surface area (Å²) in [6, 6.07) is 1.48. The summed E-state index contributed by atoms with van der Waals surface area (Å²) in [4.78, 5) is 22.7. The van der Waals surface area contributed by atoms with E-state index in [2.05, 4.69) is 20.3 Å². The van der Waals surface area contributed by atoms with Crippen molar-refractivity contribution in [3.8, 4) is 11.5 Å². The van der Waals surface area contributed by atoms with Crippen LogP contribution in [0.25, 0.3) is 11.5 Å². The second kappa shape index (κ2) is 6.39. The number of nitrogens with zero attached hydrogens (tertiary/aromatic N) is 2. The summed E-state index contributed by atoms with van der Waals surface area (Å²) in [6.07, 6.45) is 0. The Balaban J connectivity index is 2.10. The minimum Gasteiger partial charge on any atom is -0.383 e. The lowest BCUT2D eigenvalue weighted by atomic mass is 10.3. The zero-order valence-electron chi connectivity index (χ0n) is 9.97. The Morgan fingerprint density at radius 1 is 1.56 bits per heavy atom. The lowest BCUT2D eigenvalue weighted by Crippen LogP contribution is -2.21. The van der Waals surface area contributed by atoms with Crippen LogP contribution in [0, 0.1) is 0 Å². The Hall–Kier alpha value is -1.57. The summed E-state index contributed by atoms with van der Waals surface area (Å²) in [5.74, 6) is 0.507. The van der Waals surface area contributed by atoms with E-state index in [1.54, 1.807) is 12.6 Å². The quantitative estimate of drug-likeness (QED) is 0.750. The fraction of sp³-hybridized carbons (Fsp3) is 0.364. The van der Waals surface area contributed by atoms with E-state index in [1.807, 2.05) is 5.38 Å². The summed E-state index contributed by atoms with van der Waals surface area (Å²) in [7, 11) is 1.65. The van der Waals surface area contributed by atoms with Crippen LogP contribution in [0.15, 0.2) is 21.8 Å². The van der Waals surface area contributed by atoms with E-state index in [4.69, 9.17) is 4.74 Å². The number of hydrogen-bond donors (Lipinski definition) is 2. The number of aromatic nitrogens is 3. The number of ether oxygens (including phenoxy) is 1. The van der Waals surface area contributed by atoms with Crippen molar-refractivity contribution in [2.45, 2.75) is 6.54 Å². The first-order chi connectivity index (χ1) is 8.79. The molecular weight excluding hydrogens is 252 g/mol. The average Bonchev–Trinajstić information content (AvgIpc) is 2.88. The van der Waals surface area contributed by atoms with Crippen LogP contribution in [-0.2, 0) is 11.3 Å². The SMILES string of the molecule is COCCNCc1cc(=O)[nH]c(-c2cscn2)n1. The van der Waals surface area contributed by atoms with Crippen LogP contribution < -0.4 is 10.9 Å². The van der Waals surface area contributed by atoms with Gasteiger partial charge >= 0.3 is 0 Å². The maximum absolute atomic E-state index is 11.5. The van der Waals surface area contributed by atoms with Gasteiger partial charge in [0.25, 0.3) is 5.56 Å². The number of thiazole rings is 1.